The van der Waals surface area contributed by atoms with Crippen molar-refractivity contribution in [1.82, 2.24) is 14.7 Å². The van der Waals surface area contributed by atoms with Crippen LogP contribution in [0.25, 0.3) is 10.9 Å². The van der Waals surface area contributed by atoms with Gasteiger partial charge in [-0.25, -0.2) is 0 Å². The van der Waals surface area contributed by atoms with Crippen LogP contribution in [-0.2, 0) is 18.4 Å². The summed E-state index contributed by atoms with van der Waals surface area (Å²) in [4.78, 5) is 12.6. The van der Waals surface area contributed by atoms with E-state index in [1.807, 2.05) is 36.0 Å². The number of nitrogens with zero attached hydrogens (tertiary/aromatic N) is 3. The van der Waals surface area contributed by atoms with Gasteiger partial charge in [0.1, 0.15) is 0 Å². The molecule has 0 amide bonds. The number of aromatic nitrogens is 2. The molecule has 0 spiro atoms. The van der Waals surface area contributed by atoms with Gasteiger partial charge in [0.15, 0.2) is 0 Å². The molecular formula is C14H17N3O2. The Bertz CT molecular complexity index is 604. The minimum absolute atomic E-state index is 0.0169. The van der Waals surface area contributed by atoms with Crippen LogP contribution in [-0.4, -0.2) is 38.8 Å². The van der Waals surface area contributed by atoms with Gasteiger partial charge in [-0.1, -0.05) is 24.3 Å². The Labute approximate surface area is 111 Å². The second-order valence-corrected chi connectivity index (χ2v) is 4.44. The van der Waals surface area contributed by atoms with E-state index in [0.29, 0.717) is 13.1 Å². The quantitative estimate of drug-likeness (QED) is 0.801. The summed E-state index contributed by atoms with van der Waals surface area (Å²) in [5, 5.41) is 14.4. The number of carboxylic acid groups (broad SMARTS) is 1. The third-order valence-corrected chi connectivity index (χ3v) is 2.95. The highest BCUT2D eigenvalue weighted by Crippen LogP contribution is 2.18. The van der Waals surface area contributed by atoms with Crippen LogP contribution in [0.2, 0.25) is 0 Å². The van der Waals surface area contributed by atoms with Gasteiger partial charge in [0.2, 0.25) is 0 Å². The topological polar surface area (TPSA) is 58.4 Å². The number of aliphatic carboxylic acids is 1. The zero-order valence-electron chi connectivity index (χ0n) is 10.9. The summed E-state index contributed by atoms with van der Waals surface area (Å²) in [7, 11) is 1.89. The maximum Gasteiger partial charge on any atom is 0.317 e. The highest BCUT2D eigenvalue weighted by molar-refractivity contribution is 5.81. The van der Waals surface area contributed by atoms with Gasteiger partial charge in [0, 0.05) is 25.5 Å². The molecule has 2 rings (SSSR count). The SMILES string of the molecule is C=CCN(CC(=O)O)Cc1nn(C)c2ccccc12. The Hall–Kier alpha value is -2.14. The van der Waals surface area contributed by atoms with Gasteiger partial charge >= 0.3 is 5.97 Å². The fourth-order valence-corrected chi connectivity index (χ4v) is 2.18. The van der Waals surface area contributed by atoms with Crippen LogP contribution in [0.15, 0.2) is 36.9 Å². The minimum Gasteiger partial charge on any atom is -0.480 e. The van der Waals surface area contributed by atoms with Crippen LogP contribution in [0.3, 0.4) is 0 Å². The van der Waals surface area contributed by atoms with Crippen molar-refractivity contribution in [1.29, 1.82) is 0 Å². The molecule has 0 aliphatic carbocycles. The first-order valence-corrected chi connectivity index (χ1v) is 6.07. The van der Waals surface area contributed by atoms with E-state index in [1.54, 1.807) is 11.0 Å². The van der Waals surface area contributed by atoms with Crippen molar-refractivity contribution < 1.29 is 9.90 Å². The predicted molar refractivity (Wildman–Crippen MR) is 73.8 cm³/mol. The molecule has 0 saturated heterocycles. The monoisotopic (exact) mass is 259 g/mol. The smallest absolute Gasteiger partial charge is 0.317 e. The van der Waals surface area contributed by atoms with E-state index in [1.165, 1.54) is 0 Å². The van der Waals surface area contributed by atoms with E-state index in [9.17, 15) is 4.79 Å². The van der Waals surface area contributed by atoms with Gasteiger partial charge in [-0.2, -0.15) is 5.10 Å². The van der Waals surface area contributed by atoms with Gasteiger partial charge in [-0.05, 0) is 6.07 Å². The molecule has 0 atom stereocenters. The largest absolute Gasteiger partial charge is 0.480 e. The molecule has 0 aliphatic heterocycles. The van der Waals surface area contributed by atoms with Crippen LogP contribution >= 0.6 is 0 Å². The van der Waals surface area contributed by atoms with Gasteiger partial charge in [0.05, 0.1) is 17.8 Å². The summed E-state index contributed by atoms with van der Waals surface area (Å²) in [5.41, 5.74) is 1.94. The molecule has 5 heteroatoms. The van der Waals surface area contributed by atoms with E-state index >= 15 is 0 Å². The summed E-state index contributed by atoms with van der Waals surface area (Å²) >= 11 is 0. The van der Waals surface area contributed by atoms with Crippen molar-refractivity contribution in [2.45, 2.75) is 6.54 Å². The molecule has 0 bridgehead atoms. The second kappa shape index (κ2) is 5.67. The van der Waals surface area contributed by atoms with Crippen molar-refractivity contribution in [3.63, 3.8) is 0 Å². The molecule has 2 aromatic rings. The molecule has 0 radical (unpaired) electrons. The van der Waals surface area contributed by atoms with Crippen LogP contribution < -0.4 is 0 Å². The Morgan fingerprint density at radius 3 is 2.95 bits per heavy atom. The van der Waals surface area contributed by atoms with Crippen molar-refractivity contribution >= 4 is 16.9 Å². The van der Waals surface area contributed by atoms with Gasteiger partial charge < -0.3 is 5.11 Å². The van der Waals surface area contributed by atoms with Crippen LogP contribution in [0.5, 0.6) is 0 Å². The summed E-state index contributed by atoms with van der Waals surface area (Å²) < 4.78 is 1.82. The number of para-hydroxylation sites is 1. The average Bonchev–Trinajstić information content (AvgIpc) is 2.67. The van der Waals surface area contributed by atoms with E-state index in [0.717, 1.165) is 16.6 Å². The number of carboxylic acids is 1. The normalized spacial score (nSPS) is 11.1. The number of benzene rings is 1. The molecule has 1 aromatic heterocycles. The highest BCUT2D eigenvalue weighted by atomic mass is 16.4. The number of fused-ring (bicyclic) bond motifs is 1. The van der Waals surface area contributed by atoms with Gasteiger partial charge in [-0.15, -0.1) is 6.58 Å². The van der Waals surface area contributed by atoms with E-state index < -0.39 is 5.97 Å². The summed E-state index contributed by atoms with van der Waals surface area (Å²) in [6.07, 6.45) is 1.70. The fourth-order valence-electron chi connectivity index (χ4n) is 2.18. The van der Waals surface area contributed by atoms with Crippen LogP contribution in [0, 0.1) is 0 Å². The van der Waals surface area contributed by atoms with Crippen molar-refractivity contribution in [2.75, 3.05) is 13.1 Å². The highest BCUT2D eigenvalue weighted by Gasteiger charge is 2.14. The molecule has 100 valence electrons. The van der Waals surface area contributed by atoms with Crippen molar-refractivity contribution in [3.8, 4) is 0 Å². The third kappa shape index (κ3) is 3.00. The number of hydrogen-bond acceptors (Lipinski definition) is 3. The zero-order valence-corrected chi connectivity index (χ0v) is 10.9. The molecule has 0 fully saturated rings. The summed E-state index contributed by atoms with van der Waals surface area (Å²) in [6, 6.07) is 7.93. The molecule has 1 N–H and O–H groups in total. The lowest BCUT2D eigenvalue weighted by atomic mass is 10.2. The molecule has 19 heavy (non-hydrogen) atoms. The molecule has 0 saturated carbocycles. The fraction of sp³-hybridized carbons (Fsp3) is 0.286. The molecule has 0 aliphatic rings. The predicted octanol–water partition coefficient (Wildman–Crippen LogP) is 1.65. The first kappa shape index (κ1) is 13.3. The first-order chi connectivity index (χ1) is 9.11. The third-order valence-electron chi connectivity index (χ3n) is 2.95. The number of aryl methyl sites for hydroxylation is 1. The van der Waals surface area contributed by atoms with Crippen LogP contribution in [0.4, 0.5) is 0 Å². The first-order valence-electron chi connectivity index (χ1n) is 6.07. The Morgan fingerprint density at radius 1 is 1.53 bits per heavy atom. The number of carbonyl (C=O) groups is 1. The number of hydrogen-bond donors (Lipinski definition) is 1. The Balaban J connectivity index is 2.28. The average molecular weight is 259 g/mol. The molecule has 0 unspecified atom stereocenters. The summed E-state index contributed by atoms with van der Waals surface area (Å²) in [5.74, 6) is -0.845. The number of rotatable bonds is 6. The molecular weight excluding hydrogens is 242 g/mol. The molecule has 1 heterocycles. The van der Waals surface area contributed by atoms with Gasteiger partial charge in [0.25, 0.3) is 0 Å². The van der Waals surface area contributed by atoms with Gasteiger partial charge in [-0.3, -0.25) is 14.4 Å². The lowest BCUT2D eigenvalue weighted by Gasteiger charge is -2.16. The van der Waals surface area contributed by atoms with Crippen molar-refractivity contribution in [3.05, 3.63) is 42.6 Å². The molecule has 1 aromatic carbocycles. The maximum absolute atomic E-state index is 10.8. The summed E-state index contributed by atoms with van der Waals surface area (Å²) in [6.45, 7) is 4.66. The lowest BCUT2D eigenvalue weighted by Crippen LogP contribution is -2.29. The van der Waals surface area contributed by atoms with E-state index in [-0.39, 0.29) is 6.54 Å². The Kier molecular flexibility index (Phi) is 3.97. The maximum atomic E-state index is 10.8. The Morgan fingerprint density at radius 2 is 2.26 bits per heavy atom. The standard InChI is InChI=1S/C14H17N3O2/c1-3-8-17(10-14(18)19)9-12-11-6-4-5-7-13(11)16(2)15-12/h3-7H,1,8-10H2,2H3,(H,18,19). The van der Waals surface area contributed by atoms with E-state index in [2.05, 4.69) is 11.7 Å². The van der Waals surface area contributed by atoms with Crippen LogP contribution in [0.1, 0.15) is 5.69 Å². The minimum atomic E-state index is -0.845. The lowest BCUT2D eigenvalue weighted by molar-refractivity contribution is -0.138. The zero-order chi connectivity index (χ0) is 13.8. The van der Waals surface area contributed by atoms with E-state index in [4.69, 9.17) is 5.11 Å². The van der Waals surface area contributed by atoms with Crippen molar-refractivity contribution in [2.24, 2.45) is 7.05 Å². The second-order valence-electron chi connectivity index (χ2n) is 4.44. The molecule has 5 nitrogen and oxygen atoms in total.